The zero-order valence-corrected chi connectivity index (χ0v) is 18.8. The molecule has 2 fully saturated rings. The Balaban J connectivity index is 0. The van der Waals surface area contributed by atoms with Gasteiger partial charge in [0, 0.05) is 7.11 Å². The van der Waals surface area contributed by atoms with Crippen LogP contribution in [0.5, 0.6) is 0 Å². The van der Waals surface area contributed by atoms with E-state index < -0.39 is 0 Å². The van der Waals surface area contributed by atoms with Crippen LogP contribution in [0.2, 0.25) is 0 Å². The molecule has 0 bridgehead atoms. The summed E-state index contributed by atoms with van der Waals surface area (Å²) in [5, 5.41) is 7.00. The summed E-state index contributed by atoms with van der Waals surface area (Å²) in [6, 6.07) is 0.610. The summed E-state index contributed by atoms with van der Waals surface area (Å²) in [5.41, 5.74) is 0. The number of hydrogen-bond acceptors (Lipinski definition) is 2. The maximum Gasteiger partial charge on any atom is 0.0319 e. The molecule has 2 aliphatic carbocycles. The van der Waals surface area contributed by atoms with Crippen LogP contribution < -0.4 is 0 Å². The Bertz CT molecular complexity index is 195. The average Bonchev–Trinajstić information content (AvgIpc) is 2.58. The van der Waals surface area contributed by atoms with Crippen LogP contribution >= 0.6 is 0 Å². The first-order chi connectivity index (χ1) is 10.6. The molecule has 1 N–H and O–H groups in total. The Morgan fingerprint density at radius 2 is 1.27 bits per heavy atom. The molecular weight excluding hydrogens is 439 g/mol. The zero-order valence-electron chi connectivity index (χ0n) is 15.6. The van der Waals surface area contributed by atoms with Crippen LogP contribution in [0.4, 0.5) is 0 Å². The summed E-state index contributed by atoms with van der Waals surface area (Å²) in [5.74, 6) is 2.01. The molecule has 0 aromatic rings. The number of rotatable bonds is 2. The van der Waals surface area contributed by atoms with Crippen LogP contribution in [-0.2, 0) is 20.9 Å². The van der Waals surface area contributed by atoms with Crippen LogP contribution in [0.3, 0.4) is 0 Å². The van der Waals surface area contributed by atoms with E-state index in [1.165, 1.54) is 78.7 Å². The van der Waals surface area contributed by atoms with Crippen molar-refractivity contribution < 1.29 is 26.0 Å². The first-order valence-electron chi connectivity index (χ1n) is 9.02. The third kappa shape index (κ3) is 18.5. The molecule has 133 valence electrons. The van der Waals surface area contributed by atoms with E-state index in [-0.39, 0.29) is 0 Å². The van der Waals surface area contributed by atoms with Gasteiger partial charge in [-0.1, -0.05) is 39.5 Å². The van der Waals surface area contributed by atoms with Gasteiger partial charge in [-0.3, -0.25) is 0 Å². The van der Waals surface area contributed by atoms with E-state index in [1.807, 2.05) is 0 Å². The van der Waals surface area contributed by atoms with Gasteiger partial charge < -0.3 is 17.9 Å². The van der Waals surface area contributed by atoms with Gasteiger partial charge in [0.05, 0.1) is 0 Å². The van der Waals surface area contributed by atoms with E-state index in [0.29, 0.717) is 6.04 Å². The molecule has 22 heavy (non-hydrogen) atoms. The van der Waals surface area contributed by atoms with E-state index in [4.69, 9.17) is 5.11 Å². The standard InChI is InChI=1S/2C7H13.C4H9N.CH4O.Ta/c2*1-7-5-3-2-4-6-7;1-3-4(2)5;1-2;/h2*2,7H,3-6H2,1H3;4H,3H2,1-2H3;2H,1H3;/q2*-1;;;. The van der Waals surface area contributed by atoms with Crippen LogP contribution in [0.15, 0.2) is 3.34 Å². The van der Waals surface area contributed by atoms with Crippen molar-refractivity contribution in [2.75, 3.05) is 7.11 Å². The Morgan fingerprint density at radius 1 is 0.955 bits per heavy atom. The van der Waals surface area contributed by atoms with Crippen molar-refractivity contribution in [1.82, 2.24) is 0 Å². The SMILES string of the molecule is CC1CC[CH-]CC1.CC1CC[CH-]CC1.CCC(C)[N]=[Ta].CO. The second kappa shape index (κ2) is 19.5. The quantitative estimate of drug-likeness (QED) is 0.491. The fourth-order valence-corrected chi connectivity index (χ4v) is 2.86. The second-order valence-electron chi connectivity index (χ2n) is 6.47. The Labute approximate surface area is 152 Å². The zero-order chi connectivity index (χ0) is 17.2. The summed E-state index contributed by atoms with van der Waals surface area (Å²) in [6.45, 7) is 8.97. The molecule has 0 heterocycles. The molecule has 1 unspecified atom stereocenters. The fourth-order valence-electron chi connectivity index (χ4n) is 2.27. The number of aliphatic hydroxyl groups excluding tert-OH is 1. The summed E-state index contributed by atoms with van der Waals surface area (Å²) >= 11 is 1.18. The smallest absolute Gasteiger partial charge is 0.0319 e. The minimum atomic E-state index is 0.610. The summed E-state index contributed by atoms with van der Waals surface area (Å²) in [7, 11) is 1.00. The number of aliphatic hydroxyl groups is 1. The van der Waals surface area contributed by atoms with Crippen molar-refractivity contribution in [2.24, 2.45) is 15.2 Å². The van der Waals surface area contributed by atoms with Crippen LogP contribution in [-0.4, -0.2) is 18.3 Å². The van der Waals surface area contributed by atoms with Crippen molar-refractivity contribution >= 4 is 0 Å². The molecule has 2 aliphatic rings. The molecule has 3 heteroatoms. The van der Waals surface area contributed by atoms with Gasteiger partial charge in [-0.05, 0) is 11.8 Å². The number of nitrogens with zero attached hydrogens (tertiary/aromatic N) is 1. The van der Waals surface area contributed by atoms with Gasteiger partial charge in [-0.25, -0.2) is 0 Å². The van der Waals surface area contributed by atoms with E-state index in [1.54, 1.807) is 0 Å². The van der Waals surface area contributed by atoms with Gasteiger partial charge in [0.15, 0.2) is 0 Å². The molecule has 2 nitrogen and oxygen atoms in total. The molecule has 0 aromatic carbocycles. The van der Waals surface area contributed by atoms with E-state index in [0.717, 1.165) is 18.9 Å². The molecule has 0 radical (unpaired) electrons. The molecule has 2 rings (SSSR count). The fraction of sp³-hybridized carbons (Fsp3) is 0.895. The van der Waals surface area contributed by atoms with E-state index >= 15 is 0 Å². The maximum absolute atomic E-state index is 7.00. The molecule has 0 aliphatic heterocycles. The largest absolute Gasteiger partial charge is 0.400 e. The normalized spacial score (nSPS) is 20.0. The minimum absolute atomic E-state index is 0.610. The maximum atomic E-state index is 7.00. The van der Waals surface area contributed by atoms with Gasteiger partial charge in [0.1, 0.15) is 0 Å². The van der Waals surface area contributed by atoms with Crippen molar-refractivity contribution in [2.45, 2.75) is 91.5 Å². The van der Waals surface area contributed by atoms with Crippen molar-refractivity contribution in [3.8, 4) is 0 Å². The molecular formula is C19H39NOTa-2. The minimum Gasteiger partial charge on any atom is -0.400 e. The van der Waals surface area contributed by atoms with Gasteiger partial charge >= 0.3 is 50.5 Å². The second-order valence-corrected chi connectivity index (χ2v) is 7.30. The molecule has 1 atom stereocenters. The topological polar surface area (TPSA) is 32.6 Å². The van der Waals surface area contributed by atoms with E-state index in [9.17, 15) is 0 Å². The first kappa shape index (κ1) is 24.7. The predicted octanol–water partition coefficient (Wildman–Crippen LogP) is 5.93. The van der Waals surface area contributed by atoms with Crippen LogP contribution in [0.25, 0.3) is 0 Å². The average molecular weight is 478 g/mol. The first-order valence-corrected chi connectivity index (χ1v) is 10.5. The van der Waals surface area contributed by atoms with Gasteiger partial charge in [-0.15, -0.1) is 0 Å². The molecule has 0 amide bonds. The van der Waals surface area contributed by atoms with Gasteiger partial charge in [0.2, 0.25) is 0 Å². The molecule has 0 saturated heterocycles. The third-order valence-electron chi connectivity index (χ3n) is 4.24. The molecule has 0 spiro atoms. The van der Waals surface area contributed by atoms with E-state index in [2.05, 4.69) is 43.9 Å². The van der Waals surface area contributed by atoms with Crippen molar-refractivity contribution in [3.63, 3.8) is 0 Å². The Hall–Kier alpha value is 0.500. The Morgan fingerprint density at radius 3 is 1.36 bits per heavy atom. The van der Waals surface area contributed by atoms with Gasteiger partial charge in [-0.2, -0.15) is 25.7 Å². The third-order valence-corrected chi connectivity index (χ3v) is 5.66. The van der Waals surface area contributed by atoms with Crippen molar-refractivity contribution in [1.29, 1.82) is 0 Å². The predicted molar refractivity (Wildman–Crippen MR) is 94.2 cm³/mol. The van der Waals surface area contributed by atoms with Crippen molar-refractivity contribution in [3.05, 3.63) is 12.8 Å². The van der Waals surface area contributed by atoms with Gasteiger partial charge in [0.25, 0.3) is 0 Å². The summed E-state index contributed by atoms with van der Waals surface area (Å²) in [6.07, 6.45) is 17.2. The summed E-state index contributed by atoms with van der Waals surface area (Å²) < 4.78 is 4.12. The molecule has 0 aromatic heterocycles. The van der Waals surface area contributed by atoms with Crippen LogP contribution in [0, 0.1) is 24.7 Å². The van der Waals surface area contributed by atoms with Crippen LogP contribution in [0.1, 0.15) is 85.5 Å². The summed E-state index contributed by atoms with van der Waals surface area (Å²) in [4.78, 5) is 0. The molecule has 2 saturated carbocycles. The number of hydrogen-bond donors (Lipinski definition) is 1. The monoisotopic (exact) mass is 478 g/mol. The Kier molecular flexibility index (Phi) is 22.0.